The van der Waals surface area contributed by atoms with Gasteiger partial charge in [-0.05, 0) is 42.5 Å². The van der Waals surface area contributed by atoms with Crippen molar-refractivity contribution in [1.82, 2.24) is 9.55 Å². The van der Waals surface area contributed by atoms with Gasteiger partial charge in [0.15, 0.2) is 5.78 Å². The molecule has 138 valence electrons. The van der Waals surface area contributed by atoms with Crippen LogP contribution in [0.15, 0.2) is 67.1 Å². The van der Waals surface area contributed by atoms with Gasteiger partial charge in [0, 0.05) is 29.0 Å². The summed E-state index contributed by atoms with van der Waals surface area (Å²) in [5.41, 5.74) is 2.25. The van der Waals surface area contributed by atoms with Gasteiger partial charge in [-0.3, -0.25) is 9.78 Å². The molecule has 0 fully saturated rings. The number of aromatic carboxylic acids is 1. The quantitative estimate of drug-likeness (QED) is 0.465. The third-order valence-electron chi connectivity index (χ3n) is 4.43. The summed E-state index contributed by atoms with van der Waals surface area (Å²) >= 11 is 12.4. The number of pyridine rings is 1. The van der Waals surface area contributed by atoms with Crippen LogP contribution in [0.1, 0.15) is 26.3 Å². The molecule has 28 heavy (non-hydrogen) atoms. The zero-order chi connectivity index (χ0) is 19.8. The lowest BCUT2D eigenvalue weighted by molar-refractivity contribution is 0.0696. The van der Waals surface area contributed by atoms with Gasteiger partial charge in [0.25, 0.3) is 0 Å². The number of hydrogen-bond acceptors (Lipinski definition) is 3. The second kappa shape index (κ2) is 7.11. The molecule has 4 rings (SSSR count). The van der Waals surface area contributed by atoms with E-state index in [0.717, 1.165) is 0 Å². The molecule has 5 nitrogen and oxygen atoms in total. The molecular formula is C21H12Cl2N2O3. The summed E-state index contributed by atoms with van der Waals surface area (Å²) < 4.78 is 1.78. The van der Waals surface area contributed by atoms with Gasteiger partial charge in [-0.25, -0.2) is 4.79 Å². The molecule has 0 saturated heterocycles. The molecule has 0 aliphatic carbocycles. The van der Waals surface area contributed by atoms with Crippen molar-refractivity contribution in [3.8, 4) is 5.69 Å². The van der Waals surface area contributed by atoms with E-state index in [9.17, 15) is 9.59 Å². The first kappa shape index (κ1) is 18.2. The van der Waals surface area contributed by atoms with Crippen molar-refractivity contribution in [3.05, 3.63) is 93.9 Å². The molecule has 0 amide bonds. The van der Waals surface area contributed by atoms with Crippen LogP contribution < -0.4 is 0 Å². The van der Waals surface area contributed by atoms with Crippen LogP contribution in [0.2, 0.25) is 10.0 Å². The fourth-order valence-electron chi connectivity index (χ4n) is 3.08. The number of carbonyl (C=O) groups is 2. The summed E-state index contributed by atoms with van der Waals surface area (Å²) in [6, 6.07) is 13.0. The first-order valence-corrected chi connectivity index (χ1v) is 9.00. The summed E-state index contributed by atoms with van der Waals surface area (Å²) in [4.78, 5) is 28.4. The molecule has 0 bridgehead atoms. The number of nitrogens with zero attached hydrogens (tertiary/aromatic N) is 2. The van der Waals surface area contributed by atoms with Crippen molar-refractivity contribution in [2.45, 2.75) is 0 Å². The Kier molecular flexibility index (Phi) is 4.63. The van der Waals surface area contributed by atoms with Gasteiger partial charge < -0.3 is 9.67 Å². The van der Waals surface area contributed by atoms with Crippen molar-refractivity contribution in [1.29, 1.82) is 0 Å². The highest BCUT2D eigenvalue weighted by molar-refractivity contribution is 6.41. The number of carbonyl (C=O) groups excluding carboxylic acids is 1. The van der Waals surface area contributed by atoms with Crippen LogP contribution in [-0.2, 0) is 0 Å². The number of carboxylic acid groups (broad SMARTS) is 1. The van der Waals surface area contributed by atoms with Crippen molar-refractivity contribution in [2.75, 3.05) is 0 Å². The number of benzene rings is 2. The highest BCUT2D eigenvalue weighted by Crippen LogP contribution is 2.31. The molecule has 0 aliphatic rings. The summed E-state index contributed by atoms with van der Waals surface area (Å²) in [6.07, 6.45) is 4.93. The predicted molar refractivity (Wildman–Crippen MR) is 108 cm³/mol. The average Bonchev–Trinajstić information content (AvgIpc) is 3.07. The molecule has 0 radical (unpaired) electrons. The van der Waals surface area contributed by atoms with Gasteiger partial charge in [0.2, 0.25) is 0 Å². The second-order valence-electron chi connectivity index (χ2n) is 6.08. The Morgan fingerprint density at radius 3 is 2.29 bits per heavy atom. The van der Waals surface area contributed by atoms with E-state index >= 15 is 0 Å². The van der Waals surface area contributed by atoms with Crippen molar-refractivity contribution in [3.63, 3.8) is 0 Å². The molecule has 0 saturated carbocycles. The minimum absolute atomic E-state index is 0.178. The Bertz CT molecular complexity index is 1210. The first-order chi connectivity index (χ1) is 13.5. The monoisotopic (exact) mass is 410 g/mol. The largest absolute Gasteiger partial charge is 0.478 e. The van der Waals surface area contributed by atoms with Gasteiger partial charge in [0.1, 0.15) is 0 Å². The van der Waals surface area contributed by atoms with Gasteiger partial charge in [-0.1, -0.05) is 29.3 Å². The number of hydrogen-bond donors (Lipinski definition) is 1. The van der Waals surface area contributed by atoms with Crippen LogP contribution in [0, 0.1) is 0 Å². The van der Waals surface area contributed by atoms with E-state index < -0.39 is 5.97 Å². The molecule has 4 aromatic rings. The maximum absolute atomic E-state index is 13.2. The van der Waals surface area contributed by atoms with E-state index in [1.165, 1.54) is 12.1 Å². The number of aromatic nitrogens is 2. The number of fused-ring (bicyclic) bond motifs is 1. The molecule has 0 atom stereocenters. The summed E-state index contributed by atoms with van der Waals surface area (Å²) in [5, 5.41) is 10.3. The van der Waals surface area contributed by atoms with Gasteiger partial charge in [0.05, 0.1) is 32.9 Å². The number of rotatable bonds is 4. The summed E-state index contributed by atoms with van der Waals surface area (Å²) in [6.45, 7) is 0. The second-order valence-corrected chi connectivity index (χ2v) is 6.90. The molecule has 7 heteroatoms. The van der Waals surface area contributed by atoms with E-state index in [4.69, 9.17) is 28.3 Å². The highest BCUT2D eigenvalue weighted by atomic mass is 35.5. The lowest BCUT2D eigenvalue weighted by Gasteiger charge is -2.05. The predicted octanol–water partition coefficient (Wildman–Crippen LogP) is 5.26. The van der Waals surface area contributed by atoms with Crippen LogP contribution in [0.4, 0.5) is 0 Å². The minimum atomic E-state index is -1.00. The number of ketones is 1. The van der Waals surface area contributed by atoms with Gasteiger partial charge in [-0.2, -0.15) is 0 Å². The summed E-state index contributed by atoms with van der Waals surface area (Å²) in [7, 11) is 0. The van der Waals surface area contributed by atoms with Crippen LogP contribution in [-0.4, -0.2) is 26.4 Å². The average molecular weight is 411 g/mol. The Hall–Kier alpha value is -3.15. The van der Waals surface area contributed by atoms with E-state index in [1.807, 2.05) is 0 Å². The lowest BCUT2D eigenvalue weighted by Crippen LogP contribution is -2.03. The Morgan fingerprint density at radius 1 is 0.964 bits per heavy atom. The smallest absolute Gasteiger partial charge is 0.335 e. The Labute approximate surface area is 169 Å². The normalized spacial score (nSPS) is 10.9. The zero-order valence-corrected chi connectivity index (χ0v) is 15.8. The van der Waals surface area contributed by atoms with Crippen molar-refractivity contribution >= 4 is 45.9 Å². The molecule has 2 aromatic heterocycles. The third-order valence-corrected chi connectivity index (χ3v) is 5.06. The molecule has 0 spiro atoms. The minimum Gasteiger partial charge on any atom is -0.478 e. The standard InChI is InChI=1S/C21H12Cl2N2O3/c22-16-2-1-3-17(23)19(16)20(26)15-11-25(18-10-24-9-8-14(15)18)13-6-4-12(5-7-13)21(27)28/h1-11H,(H,27,28). The fraction of sp³-hybridized carbons (Fsp3) is 0. The van der Waals surface area contributed by atoms with Crippen molar-refractivity contribution in [2.24, 2.45) is 0 Å². The maximum Gasteiger partial charge on any atom is 0.335 e. The number of carboxylic acids is 1. The van der Waals surface area contributed by atoms with E-state index in [-0.39, 0.29) is 27.0 Å². The molecule has 1 N–H and O–H groups in total. The lowest BCUT2D eigenvalue weighted by atomic mass is 10.0. The molecule has 2 aromatic carbocycles. The first-order valence-electron chi connectivity index (χ1n) is 8.25. The van der Waals surface area contributed by atoms with Crippen molar-refractivity contribution < 1.29 is 14.7 Å². The summed E-state index contributed by atoms with van der Waals surface area (Å²) in [5.74, 6) is -1.30. The third kappa shape index (κ3) is 3.05. The van der Waals surface area contributed by atoms with E-state index in [2.05, 4.69) is 4.98 Å². The van der Waals surface area contributed by atoms with Crippen LogP contribution in [0.5, 0.6) is 0 Å². The van der Waals surface area contributed by atoms with Crippen LogP contribution in [0.25, 0.3) is 16.6 Å². The van der Waals surface area contributed by atoms with E-state index in [0.29, 0.717) is 22.2 Å². The van der Waals surface area contributed by atoms with Crippen LogP contribution in [0.3, 0.4) is 0 Å². The molecular weight excluding hydrogens is 399 g/mol. The van der Waals surface area contributed by atoms with Gasteiger partial charge in [-0.15, -0.1) is 0 Å². The van der Waals surface area contributed by atoms with Crippen LogP contribution >= 0.6 is 23.2 Å². The topological polar surface area (TPSA) is 72.2 Å². The maximum atomic E-state index is 13.2. The SMILES string of the molecule is O=C(O)c1ccc(-n2cc(C(=O)c3c(Cl)cccc3Cl)c3ccncc32)cc1. The number of halogens is 2. The highest BCUT2D eigenvalue weighted by Gasteiger charge is 2.21. The molecule has 0 unspecified atom stereocenters. The Balaban J connectivity index is 1.90. The Morgan fingerprint density at radius 2 is 1.64 bits per heavy atom. The molecule has 2 heterocycles. The molecule has 0 aliphatic heterocycles. The zero-order valence-electron chi connectivity index (χ0n) is 14.3. The fourth-order valence-corrected chi connectivity index (χ4v) is 3.65. The van der Waals surface area contributed by atoms with E-state index in [1.54, 1.807) is 59.6 Å². The van der Waals surface area contributed by atoms with Gasteiger partial charge >= 0.3 is 5.97 Å².